The number of nitrogens with two attached hydrogens (primary N) is 1. The average molecular weight is 529 g/mol. The van der Waals surface area contributed by atoms with E-state index in [9.17, 15) is 15.0 Å². The van der Waals surface area contributed by atoms with Gasteiger partial charge in [-0.1, -0.05) is 12.1 Å². The molecule has 1 aliphatic carbocycles. The van der Waals surface area contributed by atoms with Gasteiger partial charge in [0.15, 0.2) is 0 Å². The maximum absolute atomic E-state index is 11.2. The number of carboxylic acid groups (broad SMARTS) is 1. The van der Waals surface area contributed by atoms with Crippen molar-refractivity contribution in [2.75, 3.05) is 12.3 Å². The summed E-state index contributed by atoms with van der Waals surface area (Å²) >= 11 is 0. The molecule has 0 unspecified atom stereocenters. The number of nitrogen functional groups attached to an aromatic ring is 1. The van der Waals surface area contributed by atoms with Gasteiger partial charge in [0.25, 0.3) is 0 Å². The van der Waals surface area contributed by atoms with E-state index in [-0.39, 0.29) is 48.8 Å². The normalized spacial score (nSPS) is 14.9. The number of aliphatic hydroxyl groups is 1. The Morgan fingerprint density at radius 2 is 1.91 bits per heavy atom. The van der Waals surface area contributed by atoms with E-state index in [0.717, 1.165) is 24.8 Å². The number of fused-ring (bicyclic) bond motifs is 1. The Labute approximate surface area is 217 Å². The van der Waals surface area contributed by atoms with E-state index in [2.05, 4.69) is 16.4 Å². The van der Waals surface area contributed by atoms with Crippen LogP contribution < -0.4 is 15.8 Å². The second-order valence-electron chi connectivity index (χ2n) is 7.78. The van der Waals surface area contributed by atoms with Gasteiger partial charge in [-0.15, -0.1) is 37.2 Å². The molecular weight excluding hydrogens is 501 g/mol. The smallest absolute Gasteiger partial charge is 0.335 e. The van der Waals surface area contributed by atoms with Crippen LogP contribution in [0.25, 0.3) is 0 Å². The highest BCUT2D eigenvalue weighted by Crippen LogP contribution is 2.30. The van der Waals surface area contributed by atoms with Gasteiger partial charge >= 0.3 is 5.97 Å². The maximum Gasteiger partial charge on any atom is 0.335 e. The summed E-state index contributed by atoms with van der Waals surface area (Å²) in [5, 5.41) is 23.0. The Hall–Kier alpha value is -2.55. The van der Waals surface area contributed by atoms with Gasteiger partial charge in [-0.2, -0.15) is 0 Å². The maximum atomic E-state index is 11.2. The van der Waals surface area contributed by atoms with E-state index in [1.54, 1.807) is 18.5 Å². The number of anilines is 1. The molecule has 2 atom stereocenters. The molecule has 34 heavy (non-hydrogen) atoms. The third kappa shape index (κ3) is 7.48. The highest BCUT2D eigenvalue weighted by atomic mass is 35.5. The lowest BCUT2D eigenvalue weighted by molar-refractivity contribution is 0.0696. The second-order valence-corrected chi connectivity index (χ2v) is 7.78. The Bertz CT molecular complexity index is 1090. The standard InChI is InChI=1S/C24H25N3O4.3ClH/c25-19-8-18(24(29)30)11-22(12-19)31-21-6-4-15-3-5-20(9-17(15)10-21)27-14-23(28)16-2-1-7-26-13-16;;;/h1-2,4,6-8,10-13,20,23,27-28H,3,5,9,14,25H2,(H,29,30);3*1H/t20-,23+;;;/m0.../s1. The van der Waals surface area contributed by atoms with Crippen molar-refractivity contribution in [3.63, 3.8) is 0 Å². The summed E-state index contributed by atoms with van der Waals surface area (Å²) in [4.78, 5) is 15.3. The molecule has 0 saturated heterocycles. The van der Waals surface area contributed by atoms with Crippen LogP contribution in [0.5, 0.6) is 11.5 Å². The topological polar surface area (TPSA) is 118 Å². The number of aromatic nitrogens is 1. The molecule has 10 heteroatoms. The van der Waals surface area contributed by atoms with Crippen LogP contribution in [0.2, 0.25) is 0 Å². The molecular formula is C24H28Cl3N3O4. The van der Waals surface area contributed by atoms with Gasteiger partial charge in [0, 0.05) is 42.3 Å². The van der Waals surface area contributed by atoms with E-state index < -0.39 is 12.1 Å². The minimum atomic E-state index is -1.05. The molecule has 3 aromatic rings. The number of hydrogen-bond acceptors (Lipinski definition) is 6. The van der Waals surface area contributed by atoms with Crippen LogP contribution in [0.4, 0.5) is 5.69 Å². The van der Waals surface area contributed by atoms with Crippen LogP contribution in [0.3, 0.4) is 0 Å². The molecule has 1 aliphatic rings. The fourth-order valence-corrected chi connectivity index (χ4v) is 3.88. The summed E-state index contributed by atoms with van der Waals surface area (Å²) in [7, 11) is 0. The zero-order valence-corrected chi connectivity index (χ0v) is 20.7. The number of carbonyl (C=O) groups is 1. The molecule has 0 amide bonds. The van der Waals surface area contributed by atoms with Crippen LogP contribution in [0, 0.1) is 0 Å². The molecule has 0 saturated carbocycles. The molecule has 4 rings (SSSR count). The quantitative estimate of drug-likeness (QED) is 0.331. The monoisotopic (exact) mass is 527 g/mol. The lowest BCUT2D eigenvalue weighted by atomic mass is 9.88. The Kier molecular flexibility index (Phi) is 11.6. The number of aliphatic hydroxyl groups excluding tert-OH is 1. The number of ether oxygens (including phenoxy) is 1. The summed E-state index contributed by atoms with van der Waals surface area (Å²) in [6, 6.07) is 14.3. The number of carboxylic acids is 1. The highest BCUT2D eigenvalue weighted by Gasteiger charge is 2.20. The SMILES string of the molecule is Cl.Cl.Cl.Nc1cc(Oc2ccc3c(c2)C[C@@H](NC[C@@H](O)c2cccnc2)CC3)cc(C(=O)O)c1. The van der Waals surface area contributed by atoms with Crippen molar-refractivity contribution in [3.05, 3.63) is 83.2 Å². The number of hydrogen-bond donors (Lipinski definition) is 4. The van der Waals surface area contributed by atoms with Gasteiger partial charge in [-0.05, 0) is 60.7 Å². The summed E-state index contributed by atoms with van der Waals surface area (Å²) < 4.78 is 5.90. The zero-order chi connectivity index (χ0) is 21.8. The van der Waals surface area contributed by atoms with Crippen molar-refractivity contribution in [1.29, 1.82) is 0 Å². The fourth-order valence-electron chi connectivity index (χ4n) is 3.88. The van der Waals surface area contributed by atoms with Crippen molar-refractivity contribution >= 4 is 48.9 Å². The third-order valence-corrected chi connectivity index (χ3v) is 5.49. The van der Waals surface area contributed by atoms with Crippen LogP contribution in [-0.4, -0.2) is 33.8 Å². The number of aromatic carboxylic acids is 1. The average Bonchev–Trinajstić information content (AvgIpc) is 2.77. The first-order valence-corrected chi connectivity index (χ1v) is 10.2. The first-order valence-electron chi connectivity index (χ1n) is 10.2. The third-order valence-electron chi connectivity index (χ3n) is 5.49. The molecule has 1 aromatic heterocycles. The molecule has 1 heterocycles. The van der Waals surface area contributed by atoms with Gasteiger partial charge in [0.1, 0.15) is 11.5 Å². The number of rotatable bonds is 7. The Morgan fingerprint density at radius 1 is 1.12 bits per heavy atom. The van der Waals surface area contributed by atoms with E-state index in [0.29, 0.717) is 23.7 Å². The number of benzene rings is 2. The predicted molar refractivity (Wildman–Crippen MR) is 139 cm³/mol. The summed E-state index contributed by atoms with van der Waals surface area (Å²) in [6.07, 6.45) is 5.52. The van der Waals surface area contributed by atoms with Crippen molar-refractivity contribution < 1.29 is 19.7 Å². The first kappa shape index (κ1) is 29.5. The number of nitrogens with zero attached hydrogens (tertiary/aromatic N) is 1. The molecule has 0 spiro atoms. The minimum absolute atomic E-state index is 0. The lowest BCUT2D eigenvalue weighted by Gasteiger charge is -2.27. The highest BCUT2D eigenvalue weighted by molar-refractivity contribution is 5.89. The zero-order valence-electron chi connectivity index (χ0n) is 18.2. The fraction of sp³-hybridized carbons (Fsp3) is 0.250. The molecule has 184 valence electrons. The molecule has 0 aliphatic heterocycles. The lowest BCUT2D eigenvalue weighted by Crippen LogP contribution is -2.37. The van der Waals surface area contributed by atoms with Gasteiger partial charge in [-0.3, -0.25) is 4.98 Å². The van der Waals surface area contributed by atoms with Crippen LogP contribution in [-0.2, 0) is 12.8 Å². The second kappa shape index (κ2) is 13.4. The molecule has 7 nitrogen and oxygen atoms in total. The predicted octanol–water partition coefficient (Wildman–Crippen LogP) is 4.60. The number of halogens is 3. The minimum Gasteiger partial charge on any atom is -0.478 e. The van der Waals surface area contributed by atoms with Crippen LogP contribution >= 0.6 is 37.2 Å². The van der Waals surface area contributed by atoms with E-state index in [1.165, 1.54) is 23.3 Å². The van der Waals surface area contributed by atoms with Crippen molar-refractivity contribution in [3.8, 4) is 11.5 Å². The number of nitrogens with one attached hydrogen (secondary N) is 1. The van der Waals surface area contributed by atoms with Crippen molar-refractivity contribution in [2.45, 2.75) is 31.4 Å². The molecule has 5 N–H and O–H groups in total. The van der Waals surface area contributed by atoms with Crippen LogP contribution in [0.15, 0.2) is 60.9 Å². The number of aryl methyl sites for hydroxylation is 1. The van der Waals surface area contributed by atoms with E-state index >= 15 is 0 Å². The Morgan fingerprint density at radius 3 is 2.62 bits per heavy atom. The molecule has 2 aromatic carbocycles. The van der Waals surface area contributed by atoms with E-state index in [1.807, 2.05) is 24.3 Å². The summed E-state index contributed by atoms with van der Waals surface area (Å²) in [5.41, 5.74) is 9.48. The Balaban J connectivity index is 0.00000193. The van der Waals surface area contributed by atoms with Crippen molar-refractivity contribution in [1.82, 2.24) is 10.3 Å². The van der Waals surface area contributed by atoms with Gasteiger partial charge in [0.05, 0.1) is 11.7 Å². The van der Waals surface area contributed by atoms with Crippen molar-refractivity contribution in [2.24, 2.45) is 0 Å². The molecule has 0 radical (unpaired) electrons. The molecule has 0 fully saturated rings. The number of pyridine rings is 1. The largest absolute Gasteiger partial charge is 0.478 e. The van der Waals surface area contributed by atoms with Crippen LogP contribution in [0.1, 0.15) is 39.6 Å². The molecule has 0 bridgehead atoms. The van der Waals surface area contributed by atoms with Gasteiger partial charge < -0.3 is 26.0 Å². The van der Waals surface area contributed by atoms with E-state index in [4.69, 9.17) is 10.5 Å². The first-order chi connectivity index (χ1) is 15.0. The van der Waals surface area contributed by atoms with Gasteiger partial charge in [0.2, 0.25) is 0 Å². The summed E-state index contributed by atoms with van der Waals surface area (Å²) in [6.45, 7) is 0.461. The summed E-state index contributed by atoms with van der Waals surface area (Å²) in [5.74, 6) is -0.0239. The van der Waals surface area contributed by atoms with Gasteiger partial charge in [-0.25, -0.2) is 4.79 Å².